The third-order valence-corrected chi connectivity index (χ3v) is 3.80. The topological polar surface area (TPSA) is 69.4 Å². The standard InChI is InChI=1S/C14H14FNO3S/c1-20(17,18)12-4-2-3-11(8-12)19-14-6-5-10(9-16)7-13(14)15/h2-8H,9,16H2,1H3. The highest BCUT2D eigenvalue weighted by Gasteiger charge is 2.10. The van der Waals surface area contributed by atoms with E-state index in [0.29, 0.717) is 5.56 Å². The summed E-state index contributed by atoms with van der Waals surface area (Å²) in [5.74, 6) is -0.266. The van der Waals surface area contributed by atoms with Crippen molar-refractivity contribution in [1.82, 2.24) is 0 Å². The maximum Gasteiger partial charge on any atom is 0.175 e. The van der Waals surface area contributed by atoms with Crippen molar-refractivity contribution < 1.29 is 17.5 Å². The van der Waals surface area contributed by atoms with E-state index in [0.717, 1.165) is 6.26 Å². The van der Waals surface area contributed by atoms with E-state index < -0.39 is 15.7 Å². The number of sulfone groups is 1. The van der Waals surface area contributed by atoms with Crippen molar-refractivity contribution in [3.63, 3.8) is 0 Å². The monoisotopic (exact) mass is 295 g/mol. The van der Waals surface area contributed by atoms with Crippen LogP contribution < -0.4 is 10.5 Å². The third kappa shape index (κ3) is 3.34. The SMILES string of the molecule is CS(=O)(=O)c1cccc(Oc2ccc(CN)cc2F)c1. The Kier molecular flexibility index (Phi) is 4.06. The molecule has 6 heteroatoms. The van der Waals surface area contributed by atoms with Crippen LogP contribution in [-0.2, 0) is 16.4 Å². The van der Waals surface area contributed by atoms with Crippen LogP contribution in [0, 0.1) is 5.82 Å². The molecule has 0 aliphatic heterocycles. The van der Waals surface area contributed by atoms with E-state index in [1.54, 1.807) is 12.1 Å². The average Bonchev–Trinajstić information content (AvgIpc) is 2.40. The highest BCUT2D eigenvalue weighted by Crippen LogP contribution is 2.26. The van der Waals surface area contributed by atoms with Gasteiger partial charge in [0.1, 0.15) is 5.75 Å². The van der Waals surface area contributed by atoms with E-state index in [1.165, 1.54) is 30.3 Å². The molecule has 106 valence electrons. The Balaban J connectivity index is 2.31. The van der Waals surface area contributed by atoms with Crippen LogP contribution >= 0.6 is 0 Å². The van der Waals surface area contributed by atoms with Gasteiger partial charge in [0.25, 0.3) is 0 Å². The van der Waals surface area contributed by atoms with E-state index in [9.17, 15) is 12.8 Å². The molecule has 0 spiro atoms. The van der Waals surface area contributed by atoms with Crippen molar-refractivity contribution in [2.75, 3.05) is 6.26 Å². The highest BCUT2D eigenvalue weighted by molar-refractivity contribution is 7.90. The molecule has 4 nitrogen and oxygen atoms in total. The molecule has 0 saturated heterocycles. The molecular formula is C14H14FNO3S. The molecule has 2 rings (SSSR count). The molecule has 20 heavy (non-hydrogen) atoms. The van der Waals surface area contributed by atoms with Gasteiger partial charge in [-0.25, -0.2) is 12.8 Å². The summed E-state index contributed by atoms with van der Waals surface area (Å²) >= 11 is 0. The van der Waals surface area contributed by atoms with Gasteiger partial charge in [-0.2, -0.15) is 0 Å². The first-order valence-corrected chi connectivity index (χ1v) is 7.76. The number of hydrogen-bond acceptors (Lipinski definition) is 4. The third-order valence-electron chi connectivity index (χ3n) is 2.69. The van der Waals surface area contributed by atoms with Gasteiger partial charge in [0.05, 0.1) is 4.90 Å². The first kappa shape index (κ1) is 14.5. The van der Waals surface area contributed by atoms with Crippen molar-refractivity contribution >= 4 is 9.84 Å². The maximum atomic E-state index is 13.8. The normalized spacial score (nSPS) is 11.3. The minimum atomic E-state index is -3.33. The van der Waals surface area contributed by atoms with Gasteiger partial charge in [0.15, 0.2) is 21.4 Å². The smallest absolute Gasteiger partial charge is 0.175 e. The number of nitrogens with two attached hydrogens (primary N) is 1. The van der Waals surface area contributed by atoms with Gasteiger partial charge in [0.2, 0.25) is 0 Å². The van der Waals surface area contributed by atoms with E-state index >= 15 is 0 Å². The van der Waals surface area contributed by atoms with Crippen LogP contribution in [0.25, 0.3) is 0 Å². The Bertz CT molecular complexity index is 729. The fraction of sp³-hybridized carbons (Fsp3) is 0.143. The number of ether oxygens (including phenoxy) is 1. The molecule has 0 bridgehead atoms. The van der Waals surface area contributed by atoms with Gasteiger partial charge in [-0.15, -0.1) is 0 Å². The summed E-state index contributed by atoms with van der Waals surface area (Å²) in [6.45, 7) is 0.237. The van der Waals surface area contributed by atoms with Gasteiger partial charge in [-0.1, -0.05) is 12.1 Å². The summed E-state index contributed by atoms with van der Waals surface area (Å²) in [5, 5.41) is 0. The second kappa shape index (κ2) is 5.60. The van der Waals surface area contributed by atoms with Crippen LogP contribution in [0.15, 0.2) is 47.4 Å². The second-order valence-corrected chi connectivity index (χ2v) is 6.33. The molecule has 0 amide bonds. The van der Waals surface area contributed by atoms with Crippen LogP contribution in [-0.4, -0.2) is 14.7 Å². The number of halogens is 1. The van der Waals surface area contributed by atoms with Gasteiger partial charge in [-0.3, -0.25) is 0 Å². The summed E-state index contributed by atoms with van der Waals surface area (Å²) < 4.78 is 42.0. The lowest BCUT2D eigenvalue weighted by atomic mass is 10.2. The Labute approximate surface area is 116 Å². The molecule has 0 aliphatic rings. The van der Waals surface area contributed by atoms with Crippen LogP contribution in [0.1, 0.15) is 5.56 Å². The van der Waals surface area contributed by atoms with E-state index in [-0.39, 0.29) is 22.9 Å². The van der Waals surface area contributed by atoms with Crippen molar-refractivity contribution in [2.45, 2.75) is 11.4 Å². The fourth-order valence-electron chi connectivity index (χ4n) is 1.65. The van der Waals surface area contributed by atoms with Crippen LogP contribution in [0.2, 0.25) is 0 Å². The van der Waals surface area contributed by atoms with E-state index in [4.69, 9.17) is 10.5 Å². The van der Waals surface area contributed by atoms with Gasteiger partial charge in [-0.05, 0) is 35.9 Å². The summed E-state index contributed by atoms with van der Waals surface area (Å²) in [6, 6.07) is 10.3. The second-order valence-electron chi connectivity index (χ2n) is 4.32. The molecule has 2 aromatic rings. The van der Waals surface area contributed by atoms with Crippen molar-refractivity contribution in [1.29, 1.82) is 0 Å². The minimum absolute atomic E-state index is 0.0212. The predicted molar refractivity (Wildman–Crippen MR) is 73.9 cm³/mol. The zero-order chi connectivity index (χ0) is 14.8. The zero-order valence-electron chi connectivity index (χ0n) is 10.8. The van der Waals surface area contributed by atoms with Crippen molar-refractivity contribution in [2.24, 2.45) is 5.73 Å². The van der Waals surface area contributed by atoms with Crippen LogP contribution in [0.5, 0.6) is 11.5 Å². The first-order chi connectivity index (χ1) is 9.40. The number of benzene rings is 2. The van der Waals surface area contributed by atoms with E-state index in [2.05, 4.69) is 0 Å². The molecular weight excluding hydrogens is 281 g/mol. The van der Waals surface area contributed by atoms with E-state index in [1.807, 2.05) is 0 Å². The summed E-state index contributed by atoms with van der Waals surface area (Å²) in [6.07, 6.45) is 1.10. The minimum Gasteiger partial charge on any atom is -0.454 e. The molecule has 0 saturated carbocycles. The Morgan fingerprint density at radius 2 is 1.95 bits per heavy atom. The Morgan fingerprint density at radius 3 is 2.55 bits per heavy atom. The quantitative estimate of drug-likeness (QED) is 0.940. The lowest BCUT2D eigenvalue weighted by Crippen LogP contribution is -1.99. The van der Waals surface area contributed by atoms with Crippen LogP contribution in [0.3, 0.4) is 0 Å². The number of rotatable bonds is 4. The molecule has 2 aromatic carbocycles. The average molecular weight is 295 g/mol. The molecule has 0 aliphatic carbocycles. The summed E-state index contributed by atoms with van der Waals surface area (Å²) in [5.41, 5.74) is 6.07. The molecule has 0 atom stereocenters. The summed E-state index contributed by atoms with van der Waals surface area (Å²) in [7, 11) is -3.33. The van der Waals surface area contributed by atoms with Gasteiger partial charge in [0, 0.05) is 12.8 Å². The highest BCUT2D eigenvalue weighted by atomic mass is 32.2. The van der Waals surface area contributed by atoms with Crippen LogP contribution in [0.4, 0.5) is 4.39 Å². The van der Waals surface area contributed by atoms with Crippen molar-refractivity contribution in [3.8, 4) is 11.5 Å². The Hall–Kier alpha value is -1.92. The zero-order valence-corrected chi connectivity index (χ0v) is 11.7. The molecule has 0 aromatic heterocycles. The molecule has 0 radical (unpaired) electrons. The Morgan fingerprint density at radius 1 is 1.20 bits per heavy atom. The molecule has 0 fully saturated rings. The van der Waals surface area contributed by atoms with Gasteiger partial charge < -0.3 is 10.5 Å². The first-order valence-electron chi connectivity index (χ1n) is 5.86. The maximum absolute atomic E-state index is 13.8. The summed E-state index contributed by atoms with van der Waals surface area (Å²) in [4.78, 5) is 0.119. The van der Waals surface area contributed by atoms with Gasteiger partial charge >= 0.3 is 0 Å². The van der Waals surface area contributed by atoms with Crippen molar-refractivity contribution in [3.05, 3.63) is 53.8 Å². The molecule has 0 heterocycles. The largest absolute Gasteiger partial charge is 0.454 e. The molecule has 2 N–H and O–H groups in total. The number of hydrogen-bond donors (Lipinski definition) is 1. The lowest BCUT2D eigenvalue weighted by Gasteiger charge is -2.09. The fourth-order valence-corrected chi connectivity index (χ4v) is 2.31. The lowest BCUT2D eigenvalue weighted by molar-refractivity contribution is 0.440. The predicted octanol–water partition coefficient (Wildman–Crippen LogP) is 2.48. The molecule has 0 unspecified atom stereocenters.